The van der Waals surface area contributed by atoms with Crippen LogP contribution in [0.15, 0.2) is 35.4 Å². The monoisotopic (exact) mass is 388 g/mol. The van der Waals surface area contributed by atoms with Crippen LogP contribution >= 0.6 is 0 Å². The highest BCUT2D eigenvalue weighted by atomic mass is 32.2. The number of rotatable bonds is 7. The Bertz CT molecular complexity index is 932. The van der Waals surface area contributed by atoms with E-state index in [1.165, 1.54) is 4.31 Å². The van der Waals surface area contributed by atoms with Gasteiger partial charge in [-0.15, -0.1) is 0 Å². The Morgan fingerprint density at radius 1 is 1.22 bits per heavy atom. The molecule has 27 heavy (non-hydrogen) atoms. The summed E-state index contributed by atoms with van der Waals surface area (Å²) in [7, 11) is -3.61. The first-order valence-corrected chi connectivity index (χ1v) is 10.6. The number of benzene rings is 1. The summed E-state index contributed by atoms with van der Waals surface area (Å²) in [6.07, 6.45) is 2.99. The summed E-state index contributed by atoms with van der Waals surface area (Å²) in [6.45, 7) is 5.46. The van der Waals surface area contributed by atoms with Gasteiger partial charge in [-0.3, -0.25) is 4.98 Å². The van der Waals surface area contributed by atoms with E-state index in [0.717, 1.165) is 13.0 Å². The molecule has 1 aromatic carbocycles. The number of fused-ring (bicyclic) bond motifs is 1. The molecule has 7 nitrogen and oxygen atoms in total. The predicted octanol–water partition coefficient (Wildman–Crippen LogP) is 2.24. The molecule has 8 heteroatoms. The molecular weight excluding hydrogens is 364 g/mol. The van der Waals surface area contributed by atoms with Crippen LogP contribution in [-0.4, -0.2) is 61.9 Å². The number of nitriles is 1. The molecule has 1 aliphatic heterocycles. The van der Waals surface area contributed by atoms with Gasteiger partial charge in [0.1, 0.15) is 11.3 Å². The molecule has 0 aliphatic carbocycles. The highest BCUT2D eigenvalue weighted by Crippen LogP contribution is 2.31. The first-order chi connectivity index (χ1) is 13.1. The van der Waals surface area contributed by atoms with Gasteiger partial charge in [0.05, 0.1) is 17.6 Å². The molecule has 0 atom stereocenters. The normalized spacial score (nSPS) is 16.3. The number of unbranched alkanes of at least 4 members (excludes halogenated alkanes) is 1. The van der Waals surface area contributed by atoms with Crippen molar-refractivity contribution in [3.8, 4) is 11.8 Å². The van der Waals surface area contributed by atoms with Crippen molar-refractivity contribution >= 4 is 20.9 Å². The molecular formula is C19H24N4O3S. The Kier molecular flexibility index (Phi) is 6.26. The van der Waals surface area contributed by atoms with Crippen LogP contribution in [0.25, 0.3) is 10.9 Å². The van der Waals surface area contributed by atoms with Crippen LogP contribution in [0.5, 0.6) is 5.75 Å². The van der Waals surface area contributed by atoms with Crippen LogP contribution in [0.1, 0.15) is 19.8 Å². The van der Waals surface area contributed by atoms with Crippen molar-refractivity contribution in [1.82, 2.24) is 14.2 Å². The van der Waals surface area contributed by atoms with Gasteiger partial charge in [0.15, 0.2) is 0 Å². The van der Waals surface area contributed by atoms with E-state index in [0.29, 0.717) is 55.9 Å². The smallest absolute Gasteiger partial charge is 0.243 e. The molecule has 0 spiro atoms. The molecule has 0 saturated carbocycles. The van der Waals surface area contributed by atoms with Gasteiger partial charge in [0.2, 0.25) is 10.0 Å². The largest absolute Gasteiger partial charge is 0.492 e. The zero-order valence-electron chi connectivity index (χ0n) is 15.5. The molecule has 1 saturated heterocycles. The topological polar surface area (TPSA) is 86.5 Å². The molecule has 0 bridgehead atoms. The zero-order valence-corrected chi connectivity index (χ0v) is 16.3. The van der Waals surface area contributed by atoms with Gasteiger partial charge in [-0.1, -0.05) is 0 Å². The second-order valence-electron chi connectivity index (χ2n) is 6.40. The van der Waals surface area contributed by atoms with Crippen molar-refractivity contribution < 1.29 is 13.2 Å². The minimum Gasteiger partial charge on any atom is -0.492 e. The van der Waals surface area contributed by atoms with Crippen LogP contribution in [0.4, 0.5) is 0 Å². The van der Waals surface area contributed by atoms with Crippen LogP contribution in [0.2, 0.25) is 0 Å². The fourth-order valence-electron chi connectivity index (χ4n) is 3.33. The van der Waals surface area contributed by atoms with Gasteiger partial charge >= 0.3 is 0 Å². The maximum atomic E-state index is 13.2. The van der Waals surface area contributed by atoms with Crippen molar-refractivity contribution in [2.45, 2.75) is 24.7 Å². The van der Waals surface area contributed by atoms with Crippen LogP contribution in [0.3, 0.4) is 0 Å². The van der Waals surface area contributed by atoms with Crippen LogP contribution in [0, 0.1) is 11.3 Å². The molecule has 1 aliphatic rings. The first-order valence-electron chi connectivity index (χ1n) is 9.18. The van der Waals surface area contributed by atoms with Gasteiger partial charge in [-0.2, -0.15) is 9.57 Å². The average molecular weight is 388 g/mol. The molecule has 2 aromatic rings. The molecule has 0 amide bonds. The summed E-state index contributed by atoms with van der Waals surface area (Å²) in [5.41, 5.74) is 0.565. The predicted molar refractivity (Wildman–Crippen MR) is 103 cm³/mol. The Hall–Kier alpha value is -2.21. The third-order valence-corrected chi connectivity index (χ3v) is 6.66. The molecule has 1 fully saturated rings. The first kappa shape index (κ1) is 19.5. The van der Waals surface area contributed by atoms with E-state index < -0.39 is 10.0 Å². The number of hydrogen-bond donors (Lipinski definition) is 0. The van der Waals surface area contributed by atoms with Crippen LogP contribution in [-0.2, 0) is 10.0 Å². The molecule has 3 rings (SSSR count). The lowest BCUT2D eigenvalue weighted by molar-refractivity contribution is 0.187. The molecule has 144 valence electrons. The molecule has 2 heterocycles. The quantitative estimate of drug-likeness (QED) is 0.676. The van der Waals surface area contributed by atoms with Gasteiger partial charge in [-0.05, 0) is 44.2 Å². The third-order valence-electron chi connectivity index (χ3n) is 4.70. The standard InChI is InChI=1S/C19H24N4O3S/c1-2-26-17-7-8-18(16-6-5-10-21-19(16)17)27(24,25)23-14-12-22(13-15-23)11-4-3-9-20/h5-8,10H,2-4,11-15H2,1H3. The van der Waals surface area contributed by atoms with Crippen molar-refractivity contribution in [1.29, 1.82) is 5.26 Å². The number of pyridine rings is 1. The Labute approximate surface area is 160 Å². The number of piperazine rings is 1. The van der Waals surface area contributed by atoms with E-state index in [4.69, 9.17) is 10.00 Å². The van der Waals surface area contributed by atoms with Gasteiger partial charge in [-0.25, -0.2) is 8.42 Å². The van der Waals surface area contributed by atoms with E-state index in [2.05, 4.69) is 16.0 Å². The lowest BCUT2D eigenvalue weighted by Gasteiger charge is -2.34. The summed E-state index contributed by atoms with van der Waals surface area (Å²) in [4.78, 5) is 6.81. The highest BCUT2D eigenvalue weighted by molar-refractivity contribution is 7.89. The van der Waals surface area contributed by atoms with Gasteiger partial charge in [0, 0.05) is 44.2 Å². The van der Waals surface area contributed by atoms with E-state index in [1.807, 2.05) is 6.92 Å². The van der Waals surface area contributed by atoms with E-state index >= 15 is 0 Å². The molecule has 0 unspecified atom stereocenters. The summed E-state index contributed by atoms with van der Waals surface area (Å²) >= 11 is 0. The number of nitrogens with zero attached hydrogens (tertiary/aromatic N) is 4. The second-order valence-corrected chi connectivity index (χ2v) is 8.31. The van der Waals surface area contributed by atoms with Gasteiger partial charge in [0.25, 0.3) is 0 Å². The van der Waals surface area contributed by atoms with Crippen molar-refractivity contribution in [2.75, 3.05) is 39.3 Å². The number of aromatic nitrogens is 1. The van der Waals surface area contributed by atoms with Crippen molar-refractivity contribution in [2.24, 2.45) is 0 Å². The maximum absolute atomic E-state index is 13.2. The maximum Gasteiger partial charge on any atom is 0.243 e. The summed E-state index contributed by atoms with van der Waals surface area (Å²) < 4.78 is 33.6. The SMILES string of the molecule is CCOc1ccc(S(=O)(=O)N2CCN(CCCC#N)CC2)c2cccnc12. The van der Waals surface area contributed by atoms with Gasteiger partial charge < -0.3 is 9.64 Å². The second kappa shape index (κ2) is 8.65. The van der Waals surface area contributed by atoms with E-state index in [-0.39, 0.29) is 4.90 Å². The average Bonchev–Trinajstić information content (AvgIpc) is 2.69. The Morgan fingerprint density at radius 2 is 2.00 bits per heavy atom. The molecule has 1 aromatic heterocycles. The van der Waals surface area contributed by atoms with Crippen molar-refractivity contribution in [3.63, 3.8) is 0 Å². The minimum atomic E-state index is -3.61. The fourth-order valence-corrected chi connectivity index (χ4v) is 4.94. The third kappa shape index (κ3) is 4.21. The summed E-state index contributed by atoms with van der Waals surface area (Å²) in [6, 6.07) is 8.96. The lowest BCUT2D eigenvalue weighted by Crippen LogP contribution is -2.48. The summed E-state index contributed by atoms with van der Waals surface area (Å²) in [5.74, 6) is 0.592. The minimum absolute atomic E-state index is 0.270. The Balaban J connectivity index is 1.82. The Morgan fingerprint density at radius 3 is 2.70 bits per heavy atom. The molecule has 0 radical (unpaired) electrons. The van der Waals surface area contributed by atoms with Crippen molar-refractivity contribution in [3.05, 3.63) is 30.5 Å². The van der Waals surface area contributed by atoms with Crippen LogP contribution < -0.4 is 4.74 Å². The molecule has 0 N–H and O–H groups in total. The fraction of sp³-hybridized carbons (Fsp3) is 0.474. The zero-order chi connectivity index (χ0) is 19.3. The number of hydrogen-bond acceptors (Lipinski definition) is 6. The lowest BCUT2D eigenvalue weighted by atomic mass is 10.2. The number of ether oxygens (including phenoxy) is 1. The summed E-state index contributed by atoms with van der Waals surface area (Å²) in [5, 5.41) is 9.22. The van der Waals surface area contributed by atoms with E-state index in [1.54, 1.807) is 30.5 Å². The number of sulfonamides is 1. The van der Waals surface area contributed by atoms with E-state index in [9.17, 15) is 8.42 Å². The highest BCUT2D eigenvalue weighted by Gasteiger charge is 2.30.